The number of anilines is 1. The number of urea groups is 1. The number of amides is 3. The highest BCUT2D eigenvalue weighted by Gasteiger charge is 2.29. The van der Waals surface area contributed by atoms with E-state index in [1.54, 1.807) is 30.3 Å². The molecule has 8 heteroatoms. The van der Waals surface area contributed by atoms with Crippen LogP contribution in [-0.2, 0) is 17.5 Å². The average Bonchev–Trinajstić information content (AvgIpc) is 2.58. The summed E-state index contributed by atoms with van der Waals surface area (Å²) in [5.41, 5.74) is 0.363. The molecule has 0 aliphatic heterocycles. The standard InChI is InChI=1S/C17H16F3N3O2/c18-17(19,20)13-8-6-12(7-9-13)10-21-15(24)11-22-16(25)23-14-4-2-1-3-5-14/h1-9H,10-11H2,(H,21,24)(H2,22,23,25). The summed E-state index contributed by atoms with van der Waals surface area (Å²) < 4.78 is 37.4. The van der Waals surface area contributed by atoms with Gasteiger partial charge in [0.15, 0.2) is 0 Å². The number of nitrogens with one attached hydrogen (secondary N) is 3. The quantitative estimate of drug-likeness (QED) is 0.774. The van der Waals surface area contributed by atoms with Crippen molar-refractivity contribution in [2.24, 2.45) is 0 Å². The highest BCUT2D eigenvalue weighted by molar-refractivity contribution is 5.92. The molecule has 3 amide bonds. The summed E-state index contributed by atoms with van der Waals surface area (Å²) >= 11 is 0. The number of carbonyl (C=O) groups is 2. The van der Waals surface area contributed by atoms with E-state index in [0.717, 1.165) is 12.1 Å². The molecule has 2 aromatic rings. The fourth-order valence-electron chi connectivity index (χ4n) is 1.93. The van der Waals surface area contributed by atoms with Crippen molar-refractivity contribution >= 4 is 17.6 Å². The maximum atomic E-state index is 12.5. The Morgan fingerprint density at radius 1 is 0.880 bits per heavy atom. The van der Waals surface area contributed by atoms with Crippen LogP contribution in [-0.4, -0.2) is 18.5 Å². The molecule has 2 rings (SSSR count). The SMILES string of the molecule is O=C(CNC(=O)Nc1ccccc1)NCc1ccc(C(F)(F)F)cc1. The van der Waals surface area contributed by atoms with Crippen LogP contribution in [0.15, 0.2) is 54.6 Å². The first kappa shape index (κ1) is 18.3. The molecule has 3 N–H and O–H groups in total. The van der Waals surface area contributed by atoms with Gasteiger partial charge in [-0.2, -0.15) is 13.2 Å². The molecule has 0 saturated carbocycles. The number of para-hydroxylation sites is 1. The zero-order chi connectivity index (χ0) is 18.3. The first-order chi connectivity index (χ1) is 11.8. The number of hydrogen-bond donors (Lipinski definition) is 3. The molecule has 0 fully saturated rings. The van der Waals surface area contributed by atoms with Gasteiger partial charge in [-0.1, -0.05) is 30.3 Å². The molecule has 25 heavy (non-hydrogen) atoms. The zero-order valence-electron chi connectivity index (χ0n) is 13.1. The van der Waals surface area contributed by atoms with Crippen molar-refractivity contribution in [1.29, 1.82) is 0 Å². The molecular weight excluding hydrogens is 335 g/mol. The Kier molecular flexibility index (Phi) is 5.99. The Hall–Kier alpha value is -3.03. The predicted octanol–water partition coefficient (Wildman–Crippen LogP) is 3.14. The molecule has 2 aromatic carbocycles. The number of alkyl halides is 3. The third-order valence-corrected chi connectivity index (χ3v) is 3.21. The second kappa shape index (κ2) is 8.18. The van der Waals surface area contributed by atoms with E-state index in [0.29, 0.717) is 11.3 Å². The van der Waals surface area contributed by atoms with E-state index in [4.69, 9.17) is 0 Å². The normalized spacial score (nSPS) is 10.8. The van der Waals surface area contributed by atoms with E-state index in [1.807, 2.05) is 0 Å². The second-order valence-electron chi connectivity index (χ2n) is 5.15. The molecule has 132 valence electrons. The summed E-state index contributed by atoms with van der Waals surface area (Å²) in [6.07, 6.45) is -4.39. The Morgan fingerprint density at radius 2 is 1.52 bits per heavy atom. The van der Waals surface area contributed by atoms with Gasteiger partial charge < -0.3 is 16.0 Å². The van der Waals surface area contributed by atoms with Gasteiger partial charge in [-0.05, 0) is 29.8 Å². The fraction of sp³-hybridized carbons (Fsp3) is 0.176. The fourth-order valence-corrected chi connectivity index (χ4v) is 1.93. The van der Waals surface area contributed by atoms with Crippen LogP contribution in [0, 0.1) is 0 Å². The molecule has 5 nitrogen and oxygen atoms in total. The minimum absolute atomic E-state index is 0.0684. The molecule has 0 atom stereocenters. The largest absolute Gasteiger partial charge is 0.416 e. The van der Waals surface area contributed by atoms with E-state index in [1.165, 1.54) is 12.1 Å². The number of hydrogen-bond acceptors (Lipinski definition) is 2. The number of carbonyl (C=O) groups excluding carboxylic acids is 2. The van der Waals surface area contributed by atoms with E-state index in [-0.39, 0.29) is 13.1 Å². The third kappa shape index (κ3) is 6.17. The molecule has 0 aromatic heterocycles. The van der Waals surface area contributed by atoms with Crippen LogP contribution in [0.1, 0.15) is 11.1 Å². The summed E-state index contributed by atoms with van der Waals surface area (Å²) in [7, 11) is 0. The van der Waals surface area contributed by atoms with Crippen LogP contribution in [0.5, 0.6) is 0 Å². The summed E-state index contributed by atoms with van der Waals surface area (Å²) in [5, 5.41) is 7.45. The monoisotopic (exact) mass is 351 g/mol. The van der Waals surface area contributed by atoms with Crippen LogP contribution < -0.4 is 16.0 Å². The number of halogens is 3. The Balaban J connectivity index is 1.72. The molecule has 0 aliphatic rings. The van der Waals surface area contributed by atoms with Gasteiger partial charge >= 0.3 is 12.2 Å². The van der Waals surface area contributed by atoms with Crippen molar-refractivity contribution in [3.8, 4) is 0 Å². The lowest BCUT2D eigenvalue weighted by molar-refractivity contribution is -0.137. The van der Waals surface area contributed by atoms with Gasteiger partial charge in [-0.25, -0.2) is 4.79 Å². The van der Waals surface area contributed by atoms with E-state index in [9.17, 15) is 22.8 Å². The van der Waals surface area contributed by atoms with Crippen molar-refractivity contribution in [2.75, 3.05) is 11.9 Å². The van der Waals surface area contributed by atoms with Gasteiger partial charge in [0.1, 0.15) is 0 Å². The summed E-state index contributed by atoms with van der Waals surface area (Å²) in [6.45, 7) is -0.182. The Labute approximate surface area is 142 Å². The van der Waals surface area contributed by atoms with Crippen LogP contribution >= 0.6 is 0 Å². The number of benzene rings is 2. The first-order valence-corrected chi connectivity index (χ1v) is 7.37. The topological polar surface area (TPSA) is 70.2 Å². The molecule has 0 aliphatic carbocycles. The van der Waals surface area contributed by atoms with Gasteiger partial charge in [-0.15, -0.1) is 0 Å². The summed E-state index contributed by atoms with van der Waals surface area (Å²) in [5.74, 6) is -0.455. The van der Waals surface area contributed by atoms with Crippen LogP contribution in [0.3, 0.4) is 0 Å². The zero-order valence-corrected chi connectivity index (χ0v) is 13.1. The molecule has 0 bridgehead atoms. The van der Waals surface area contributed by atoms with E-state index in [2.05, 4.69) is 16.0 Å². The van der Waals surface area contributed by atoms with Crippen LogP contribution in [0.25, 0.3) is 0 Å². The van der Waals surface area contributed by atoms with Crippen LogP contribution in [0.2, 0.25) is 0 Å². The molecule has 0 heterocycles. The van der Waals surface area contributed by atoms with Crippen molar-refractivity contribution < 1.29 is 22.8 Å². The molecule has 0 spiro atoms. The lowest BCUT2D eigenvalue weighted by Crippen LogP contribution is -2.38. The molecule has 0 radical (unpaired) electrons. The van der Waals surface area contributed by atoms with Crippen molar-refractivity contribution in [3.63, 3.8) is 0 Å². The van der Waals surface area contributed by atoms with Gasteiger partial charge in [0.05, 0.1) is 12.1 Å². The van der Waals surface area contributed by atoms with E-state index >= 15 is 0 Å². The maximum absolute atomic E-state index is 12.5. The minimum Gasteiger partial charge on any atom is -0.350 e. The number of rotatable bonds is 5. The van der Waals surface area contributed by atoms with Gasteiger partial charge in [0.2, 0.25) is 5.91 Å². The minimum atomic E-state index is -4.39. The highest BCUT2D eigenvalue weighted by atomic mass is 19.4. The predicted molar refractivity (Wildman–Crippen MR) is 86.8 cm³/mol. The van der Waals surface area contributed by atoms with Gasteiger partial charge in [0.25, 0.3) is 0 Å². The Bertz CT molecular complexity index is 716. The first-order valence-electron chi connectivity index (χ1n) is 7.37. The Morgan fingerprint density at radius 3 is 2.12 bits per heavy atom. The maximum Gasteiger partial charge on any atom is 0.416 e. The van der Waals surface area contributed by atoms with Gasteiger partial charge in [-0.3, -0.25) is 4.79 Å². The lowest BCUT2D eigenvalue weighted by Gasteiger charge is -2.10. The molecule has 0 saturated heterocycles. The summed E-state index contributed by atoms with van der Waals surface area (Å²) in [4.78, 5) is 23.3. The second-order valence-corrected chi connectivity index (χ2v) is 5.15. The summed E-state index contributed by atoms with van der Waals surface area (Å²) in [6, 6.07) is 12.7. The van der Waals surface area contributed by atoms with Crippen molar-refractivity contribution in [2.45, 2.75) is 12.7 Å². The lowest BCUT2D eigenvalue weighted by atomic mass is 10.1. The van der Waals surface area contributed by atoms with Gasteiger partial charge in [0, 0.05) is 12.2 Å². The van der Waals surface area contributed by atoms with Crippen molar-refractivity contribution in [1.82, 2.24) is 10.6 Å². The smallest absolute Gasteiger partial charge is 0.350 e. The average molecular weight is 351 g/mol. The highest BCUT2D eigenvalue weighted by Crippen LogP contribution is 2.28. The van der Waals surface area contributed by atoms with E-state index < -0.39 is 23.7 Å². The molecular formula is C17H16F3N3O2. The molecule has 0 unspecified atom stereocenters. The third-order valence-electron chi connectivity index (χ3n) is 3.21. The van der Waals surface area contributed by atoms with Crippen molar-refractivity contribution in [3.05, 3.63) is 65.7 Å². The van der Waals surface area contributed by atoms with Crippen LogP contribution in [0.4, 0.5) is 23.7 Å².